The van der Waals surface area contributed by atoms with Crippen molar-refractivity contribution in [2.45, 2.75) is 39.5 Å². The molecule has 160 valence electrons. The van der Waals surface area contributed by atoms with Crippen LogP contribution in [0.1, 0.15) is 55.6 Å². The minimum atomic E-state index is -0.435. The summed E-state index contributed by atoms with van der Waals surface area (Å²) in [6.07, 6.45) is 0.775. The van der Waals surface area contributed by atoms with E-state index >= 15 is 0 Å². The minimum Gasteiger partial charge on any atom is -0.423 e. The molecule has 0 fully saturated rings. The lowest BCUT2D eigenvalue weighted by Crippen LogP contribution is -2.19. The lowest BCUT2D eigenvalue weighted by molar-refractivity contribution is -0.119. The van der Waals surface area contributed by atoms with E-state index in [0.29, 0.717) is 17.0 Å². The van der Waals surface area contributed by atoms with Crippen molar-refractivity contribution in [3.63, 3.8) is 0 Å². The van der Waals surface area contributed by atoms with Gasteiger partial charge in [0.05, 0.1) is 5.56 Å². The van der Waals surface area contributed by atoms with Crippen molar-refractivity contribution >= 4 is 17.6 Å². The molecule has 0 saturated heterocycles. The fourth-order valence-corrected chi connectivity index (χ4v) is 3.27. The molecule has 31 heavy (non-hydrogen) atoms. The van der Waals surface area contributed by atoms with Gasteiger partial charge in [-0.05, 0) is 53.9 Å². The molecule has 1 N–H and O–H groups in total. The third-order valence-electron chi connectivity index (χ3n) is 5.73. The number of benzene rings is 3. The first-order chi connectivity index (χ1) is 14.8. The van der Waals surface area contributed by atoms with Crippen molar-refractivity contribution in [2.24, 2.45) is 5.92 Å². The highest BCUT2D eigenvalue weighted by Crippen LogP contribution is 2.32. The van der Waals surface area contributed by atoms with Gasteiger partial charge in [-0.25, -0.2) is 4.79 Å². The van der Waals surface area contributed by atoms with Gasteiger partial charge in [-0.15, -0.1) is 0 Å². The molecule has 3 aromatic rings. The zero-order valence-electron chi connectivity index (χ0n) is 18.5. The Morgan fingerprint density at radius 2 is 1.45 bits per heavy atom. The molecule has 1 atom stereocenters. The van der Waals surface area contributed by atoms with Crippen LogP contribution >= 0.6 is 0 Å². The molecular weight excluding hydrogens is 386 g/mol. The van der Waals surface area contributed by atoms with Crippen LogP contribution in [0.4, 0.5) is 5.69 Å². The number of esters is 1. The summed E-state index contributed by atoms with van der Waals surface area (Å²) >= 11 is 0. The first kappa shape index (κ1) is 22.3. The van der Waals surface area contributed by atoms with Crippen LogP contribution in [0.2, 0.25) is 0 Å². The average Bonchev–Trinajstić information content (AvgIpc) is 2.79. The summed E-state index contributed by atoms with van der Waals surface area (Å²) in [5.74, 6) is -0.0301. The van der Waals surface area contributed by atoms with Crippen LogP contribution in [0.25, 0.3) is 0 Å². The molecule has 3 aromatic carbocycles. The quantitative estimate of drug-likeness (QED) is 0.368. The molecule has 0 radical (unpaired) electrons. The molecule has 1 amide bonds. The zero-order valence-corrected chi connectivity index (χ0v) is 18.5. The second kappa shape index (κ2) is 9.61. The number of nitrogens with one attached hydrogen (secondary N) is 1. The molecule has 0 aliphatic carbocycles. The Bertz CT molecular complexity index is 1020. The number of carbonyl (C=O) groups is 2. The Balaban J connectivity index is 1.65. The van der Waals surface area contributed by atoms with Crippen molar-refractivity contribution in [1.82, 2.24) is 0 Å². The van der Waals surface area contributed by atoms with Crippen LogP contribution in [0.15, 0.2) is 78.9 Å². The maximum Gasteiger partial charge on any atom is 0.343 e. The highest BCUT2D eigenvalue weighted by atomic mass is 16.5. The Hall–Kier alpha value is -3.40. The number of carbonyl (C=O) groups excluding carboxylic acids is 2. The molecule has 4 heteroatoms. The first-order valence-corrected chi connectivity index (χ1v) is 10.6. The molecule has 3 rings (SSSR count). The Labute approximate surface area is 184 Å². The minimum absolute atomic E-state index is 0.0312. The fraction of sp³-hybridized carbons (Fsp3) is 0.259. The first-order valence-electron chi connectivity index (χ1n) is 10.6. The molecule has 4 nitrogen and oxygen atoms in total. The number of hydrogen-bond donors (Lipinski definition) is 1. The van der Waals surface area contributed by atoms with Crippen LogP contribution < -0.4 is 10.1 Å². The van der Waals surface area contributed by atoms with E-state index < -0.39 is 5.97 Å². The average molecular weight is 416 g/mol. The Morgan fingerprint density at radius 1 is 0.871 bits per heavy atom. The van der Waals surface area contributed by atoms with Gasteiger partial charge in [0.25, 0.3) is 0 Å². The maximum atomic E-state index is 12.5. The van der Waals surface area contributed by atoms with E-state index in [1.807, 2.05) is 56.3 Å². The van der Waals surface area contributed by atoms with Gasteiger partial charge in [-0.1, -0.05) is 70.2 Å². The van der Waals surface area contributed by atoms with Gasteiger partial charge >= 0.3 is 5.97 Å². The molecule has 1 unspecified atom stereocenters. The molecule has 0 saturated carbocycles. The lowest BCUT2D eigenvalue weighted by atomic mass is 9.78. The normalized spacial score (nSPS) is 12.1. The summed E-state index contributed by atoms with van der Waals surface area (Å²) in [5.41, 5.74) is 3.30. The summed E-state index contributed by atoms with van der Waals surface area (Å²) in [5, 5.41) is 2.85. The topological polar surface area (TPSA) is 55.4 Å². The predicted octanol–water partition coefficient (Wildman–Crippen LogP) is 6.22. The van der Waals surface area contributed by atoms with Crippen LogP contribution in [0.3, 0.4) is 0 Å². The smallest absolute Gasteiger partial charge is 0.343 e. The van der Waals surface area contributed by atoms with Gasteiger partial charge in [-0.2, -0.15) is 0 Å². The van der Waals surface area contributed by atoms with Crippen molar-refractivity contribution < 1.29 is 14.3 Å². The number of ether oxygens (including phenoxy) is 1. The third-order valence-corrected chi connectivity index (χ3v) is 5.73. The highest BCUT2D eigenvalue weighted by Gasteiger charge is 2.23. The third kappa shape index (κ3) is 5.40. The lowest BCUT2D eigenvalue weighted by Gasteiger charge is -2.26. The maximum absolute atomic E-state index is 12.5. The van der Waals surface area contributed by atoms with Gasteiger partial charge < -0.3 is 10.1 Å². The van der Waals surface area contributed by atoms with Crippen molar-refractivity contribution in [3.05, 3.63) is 95.6 Å². The van der Waals surface area contributed by atoms with Crippen LogP contribution in [-0.4, -0.2) is 11.9 Å². The van der Waals surface area contributed by atoms with E-state index in [0.717, 1.165) is 12.0 Å². The Kier molecular flexibility index (Phi) is 6.91. The van der Waals surface area contributed by atoms with E-state index in [2.05, 4.69) is 31.3 Å². The van der Waals surface area contributed by atoms with Crippen molar-refractivity contribution in [1.29, 1.82) is 0 Å². The Morgan fingerprint density at radius 3 is 2.03 bits per heavy atom. The molecule has 0 aliphatic rings. The van der Waals surface area contributed by atoms with Gasteiger partial charge in [0.1, 0.15) is 5.75 Å². The monoisotopic (exact) mass is 415 g/mol. The van der Waals surface area contributed by atoms with E-state index in [1.54, 1.807) is 24.3 Å². The SMILES string of the molecule is CCC(C)C(=O)Nc1ccc(C(=O)Oc2ccc(C(C)(C)c3ccccc3)cc2)cc1. The fourth-order valence-electron chi connectivity index (χ4n) is 3.27. The van der Waals surface area contributed by atoms with E-state index in [4.69, 9.17) is 4.74 Å². The van der Waals surface area contributed by atoms with Crippen LogP contribution in [0.5, 0.6) is 5.75 Å². The molecule has 0 heterocycles. The summed E-state index contributed by atoms with van der Waals surface area (Å²) < 4.78 is 5.52. The van der Waals surface area contributed by atoms with Gasteiger partial charge in [-0.3, -0.25) is 4.79 Å². The summed E-state index contributed by atoms with van der Waals surface area (Å²) in [6.45, 7) is 8.20. The van der Waals surface area contributed by atoms with Gasteiger partial charge in [0.15, 0.2) is 0 Å². The van der Waals surface area contributed by atoms with E-state index in [-0.39, 0.29) is 17.2 Å². The second-order valence-electron chi connectivity index (χ2n) is 8.28. The molecule has 0 bridgehead atoms. The standard InChI is InChI=1S/C27H29NO3/c1-5-19(2)25(29)28-23-15-11-20(12-16-23)26(30)31-24-17-13-22(14-18-24)27(3,4)21-9-7-6-8-10-21/h6-19H,5H2,1-4H3,(H,28,29). The van der Waals surface area contributed by atoms with Crippen molar-refractivity contribution in [3.8, 4) is 5.75 Å². The van der Waals surface area contributed by atoms with Gasteiger partial charge in [0.2, 0.25) is 5.91 Å². The number of hydrogen-bond acceptors (Lipinski definition) is 3. The molecule has 0 aromatic heterocycles. The summed E-state index contributed by atoms with van der Waals surface area (Å²) in [7, 11) is 0. The van der Waals surface area contributed by atoms with E-state index in [1.165, 1.54) is 5.56 Å². The number of anilines is 1. The summed E-state index contributed by atoms with van der Waals surface area (Å²) in [6, 6.07) is 24.7. The highest BCUT2D eigenvalue weighted by molar-refractivity contribution is 5.94. The van der Waals surface area contributed by atoms with E-state index in [9.17, 15) is 9.59 Å². The van der Waals surface area contributed by atoms with Gasteiger partial charge in [0, 0.05) is 17.0 Å². The number of rotatable bonds is 7. The largest absolute Gasteiger partial charge is 0.423 e. The number of amides is 1. The van der Waals surface area contributed by atoms with Crippen molar-refractivity contribution in [2.75, 3.05) is 5.32 Å². The van der Waals surface area contributed by atoms with Crippen LogP contribution in [-0.2, 0) is 10.2 Å². The predicted molar refractivity (Wildman–Crippen MR) is 124 cm³/mol. The molecular formula is C27H29NO3. The molecule has 0 spiro atoms. The summed E-state index contributed by atoms with van der Waals surface area (Å²) in [4.78, 5) is 24.5. The van der Waals surface area contributed by atoms with Crippen LogP contribution in [0, 0.1) is 5.92 Å². The molecule has 0 aliphatic heterocycles. The zero-order chi connectivity index (χ0) is 22.4. The second-order valence-corrected chi connectivity index (χ2v) is 8.28.